The van der Waals surface area contributed by atoms with Gasteiger partial charge in [0.05, 0.1) is 6.61 Å². The molecule has 0 aromatic carbocycles. The molecule has 1 aromatic rings. The molecule has 0 bridgehead atoms. The largest absolute Gasteiger partial charge is 0.381 e. The van der Waals surface area contributed by atoms with Crippen molar-refractivity contribution in [3.63, 3.8) is 0 Å². The Morgan fingerprint density at radius 1 is 1.16 bits per heavy atom. The van der Waals surface area contributed by atoms with Crippen molar-refractivity contribution in [2.24, 2.45) is 11.8 Å². The summed E-state index contributed by atoms with van der Waals surface area (Å²) in [6.45, 7) is 3.94. The van der Waals surface area contributed by atoms with Crippen LogP contribution in [0.15, 0.2) is 24.4 Å². The van der Waals surface area contributed by atoms with E-state index in [1.807, 2.05) is 12.3 Å². The van der Waals surface area contributed by atoms with Crippen LogP contribution in [-0.2, 0) is 4.74 Å². The van der Waals surface area contributed by atoms with Gasteiger partial charge in [-0.1, -0.05) is 6.07 Å². The van der Waals surface area contributed by atoms with E-state index >= 15 is 0 Å². The minimum Gasteiger partial charge on any atom is -0.381 e. The molecule has 1 saturated heterocycles. The molecule has 5 heteroatoms. The molecule has 2 atom stereocenters. The summed E-state index contributed by atoms with van der Waals surface area (Å²) in [5.41, 5.74) is 1.21. The van der Waals surface area contributed by atoms with Gasteiger partial charge in [-0.25, -0.2) is 0 Å². The van der Waals surface area contributed by atoms with Crippen molar-refractivity contribution in [1.82, 2.24) is 10.3 Å². The fourth-order valence-corrected chi connectivity index (χ4v) is 2.52. The Morgan fingerprint density at radius 2 is 2.00 bits per heavy atom. The van der Waals surface area contributed by atoms with Crippen molar-refractivity contribution < 1.29 is 4.74 Å². The molecule has 2 aliphatic rings. The average Bonchev–Trinajstić information content (AvgIpc) is 3.07. The van der Waals surface area contributed by atoms with Gasteiger partial charge in [0.25, 0.3) is 0 Å². The van der Waals surface area contributed by atoms with Crippen LogP contribution in [0.25, 0.3) is 0 Å². The van der Waals surface area contributed by atoms with Crippen LogP contribution in [0.2, 0.25) is 0 Å². The first-order valence-corrected chi connectivity index (χ1v) is 6.63. The van der Waals surface area contributed by atoms with Crippen LogP contribution in [0.4, 0.5) is 0 Å². The molecule has 3 rings (SSSR count). The van der Waals surface area contributed by atoms with Crippen molar-refractivity contribution >= 4 is 24.8 Å². The molecule has 108 valence electrons. The SMILES string of the molecule is Cl.Cl.c1ccc([C@H]2CNC[C@@H]2COCC2CC2)nc1. The van der Waals surface area contributed by atoms with Gasteiger partial charge >= 0.3 is 0 Å². The van der Waals surface area contributed by atoms with Gasteiger partial charge in [0.1, 0.15) is 0 Å². The van der Waals surface area contributed by atoms with Crippen molar-refractivity contribution in [1.29, 1.82) is 0 Å². The number of aromatic nitrogens is 1. The molecule has 3 nitrogen and oxygen atoms in total. The van der Waals surface area contributed by atoms with Crippen molar-refractivity contribution in [2.45, 2.75) is 18.8 Å². The maximum absolute atomic E-state index is 5.83. The second kappa shape index (κ2) is 8.05. The Labute approximate surface area is 127 Å². The summed E-state index contributed by atoms with van der Waals surface area (Å²) in [7, 11) is 0. The highest BCUT2D eigenvalue weighted by Crippen LogP contribution is 2.30. The molecule has 1 saturated carbocycles. The zero-order valence-corrected chi connectivity index (χ0v) is 12.6. The summed E-state index contributed by atoms with van der Waals surface area (Å²) >= 11 is 0. The molecule has 1 aliphatic carbocycles. The highest BCUT2D eigenvalue weighted by atomic mass is 35.5. The minimum atomic E-state index is 0. The Kier molecular flexibility index (Phi) is 7.08. The van der Waals surface area contributed by atoms with E-state index in [1.165, 1.54) is 18.5 Å². The van der Waals surface area contributed by atoms with E-state index in [2.05, 4.69) is 22.4 Å². The van der Waals surface area contributed by atoms with Gasteiger partial charge in [-0.15, -0.1) is 24.8 Å². The second-order valence-corrected chi connectivity index (χ2v) is 5.26. The molecule has 1 aliphatic heterocycles. The molecule has 0 amide bonds. The van der Waals surface area contributed by atoms with Gasteiger partial charge in [0.2, 0.25) is 0 Å². The van der Waals surface area contributed by atoms with Crippen LogP contribution >= 0.6 is 24.8 Å². The topological polar surface area (TPSA) is 34.1 Å². The molecule has 0 unspecified atom stereocenters. The number of hydrogen-bond acceptors (Lipinski definition) is 3. The number of nitrogens with zero attached hydrogens (tertiary/aromatic N) is 1. The number of pyridine rings is 1. The molecular weight excluding hydrogens is 283 g/mol. The summed E-state index contributed by atoms with van der Waals surface area (Å²) in [5, 5.41) is 3.45. The number of ether oxygens (including phenoxy) is 1. The van der Waals surface area contributed by atoms with Gasteiger partial charge in [-0.05, 0) is 30.9 Å². The first-order valence-electron chi connectivity index (χ1n) is 6.63. The monoisotopic (exact) mass is 304 g/mol. The zero-order chi connectivity index (χ0) is 11.5. The van der Waals surface area contributed by atoms with Crippen LogP contribution in [-0.4, -0.2) is 31.3 Å². The lowest BCUT2D eigenvalue weighted by molar-refractivity contribution is 0.0916. The predicted molar refractivity (Wildman–Crippen MR) is 81.4 cm³/mol. The lowest BCUT2D eigenvalue weighted by atomic mass is 9.93. The molecule has 1 aromatic heterocycles. The van der Waals surface area contributed by atoms with Gasteiger partial charge in [-0.3, -0.25) is 4.98 Å². The van der Waals surface area contributed by atoms with E-state index in [0.29, 0.717) is 11.8 Å². The standard InChI is InChI=1S/C14H20N2O.2ClH/c1-2-6-16-14(3-1)13-8-15-7-12(13)10-17-9-11-4-5-11;;/h1-3,6,11-13,15H,4-5,7-10H2;2*1H/t12-,13+;;/m1../s1. The Balaban J connectivity index is 0.000000902. The quantitative estimate of drug-likeness (QED) is 0.908. The normalized spacial score (nSPS) is 25.5. The van der Waals surface area contributed by atoms with Gasteiger partial charge in [0, 0.05) is 43.4 Å². The minimum absolute atomic E-state index is 0. The summed E-state index contributed by atoms with van der Waals surface area (Å²) in [5.74, 6) is 1.97. The van der Waals surface area contributed by atoms with Crippen molar-refractivity contribution in [3.05, 3.63) is 30.1 Å². The molecule has 1 N–H and O–H groups in total. The molecular formula is C14H22Cl2N2O. The van der Waals surface area contributed by atoms with E-state index in [0.717, 1.165) is 32.2 Å². The van der Waals surface area contributed by atoms with E-state index in [-0.39, 0.29) is 24.8 Å². The average molecular weight is 305 g/mol. The van der Waals surface area contributed by atoms with Crippen LogP contribution in [0.1, 0.15) is 24.5 Å². The van der Waals surface area contributed by atoms with E-state index in [4.69, 9.17) is 4.74 Å². The highest BCUT2D eigenvalue weighted by molar-refractivity contribution is 5.85. The highest BCUT2D eigenvalue weighted by Gasteiger charge is 2.30. The summed E-state index contributed by atoms with van der Waals surface area (Å²) in [6.07, 6.45) is 4.62. The predicted octanol–water partition coefficient (Wildman–Crippen LogP) is 2.65. The van der Waals surface area contributed by atoms with Gasteiger partial charge in [0.15, 0.2) is 0 Å². The maximum atomic E-state index is 5.83. The third-order valence-corrected chi connectivity index (χ3v) is 3.79. The van der Waals surface area contributed by atoms with Gasteiger partial charge in [-0.2, -0.15) is 0 Å². The fraction of sp³-hybridized carbons (Fsp3) is 0.643. The Morgan fingerprint density at radius 3 is 2.68 bits per heavy atom. The molecule has 0 spiro atoms. The molecule has 2 heterocycles. The molecule has 19 heavy (non-hydrogen) atoms. The fourth-order valence-electron chi connectivity index (χ4n) is 2.52. The summed E-state index contributed by atoms with van der Waals surface area (Å²) in [6, 6.07) is 6.18. The Hall–Kier alpha value is -0.350. The lowest BCUT2D eigenvalue weighted by Gasteiger charge is -2.17. The maximum Gasteiger partial charge on any atom is 0.0513 e. The van der Waals surface area contributed by atoms with Crippen molar-refractivity contribution in [3.8, 4) is 0 Å². The summed E-state index contributed by atoms with van der Waals surface area (Å²) < 4.78 is 5.83. The zero-order valence-electron chi connectivity index (χ0n) is 11.0. The number of halogens is 2. The third-order valence-electron chi connectivity index (χ3n) is 3.79. The van der Waals surface area contributed by atoms with E-state index in [1.54, 1.807) is 0 Å². The van der Waals surface area contributed by atoms with Crippen molar-refractivity contribution in [2.75, 3.05) is 26.3 Å². The molecule has 0 radical (unpaired) electrons. The van der Waals surface area contributed by atoms with Crippen LogP contribution in [0, 0.1) is 11.8 Å². The molecule has 2 fully saturated rings. The van der Waals surface area contributed by atoms with E-state index < -0.39 is 0 Å². The van der Waals surface area contributed by atoms with Crippen LogP contribution < -0.4 is 5.32 Å². The van der Waals surface area contributed by atoms with Gasteiger partial charge < -0.3 is 10.1 Å². The number of rotatable bonds is 5. The lowest BCUT2D eigenvalue weighted by Crippen LogP contribution is -2.19. The third kappa shape index (κ3) is 4.60. The number of hydrogen-bond donors (Lipinski definition) is 1. The first kappa shape index (κ1) is 16.7. The Bertz CT molecular complexity index is 360. The number of nitrogens with one attached hydrogen (secondary N) is 1. The first-order chi connectivity index (χ1) is 8.43. The van der Waals surface area contributed by atoms with Crippen LogP contribution in [0.5, 0.6) is 0 Å². The summed E-state index contributed by atoms with van der Waals surface area (Å²) in [4.78, 5) is 4.47. The van der Waals surface area contributed by atoms with Crippen LogP contribution in [0.3, 0.4) is 0 Å². The van der Waals surface area contributed by atoms with E-state index in [9.17, 15) is 0 Å². The second-order valence-electron chi connectivity index (χ2n) is 5.26. The smallest absolute Gasteiger partial charge is 0.0513 e.